The summed E-state index contributed by atoms with van der Waals surface area (Å²) in [5.74, 6) is 0.856. The van der Waals surface area contributed by atoms with E-state index in [-0.39, 0.29) is 36.0 Å². The van der Waals surface area contributed by atoms with Crippen LogP contribution in [0.25, 0.3) is 0 Å². The van der Waals surface area contributed by atoms with Crippen LogP contribution in [0.4, 0.5) is 4.39 Å². The highest BCUT2D eigenvalue weighted by molar-refractivity contribution is 5.92. The van der Waals surface area contributed by atoms with E-state index in [1.807, 2.05) is 31.2 Å². The van der Waals surface area contributed by atoms with Crippen molar-refractivity contribution >= 4 is 5.91 Å². The molecule has 1 atom stereocenters. The maximum absolute atomic E-state index is 12.9. The van der Waals surface area contributed by atoms with Crippen LogP contribution in [0.15, 0.2) is 59.2 Å². The van der Waals surface area contributed by atoms with Gasteiger partial charge in [-0.05, 0) is 48.9 Å². The fourth-order valence-corrected chi connectivity index (χ4v) is 2.63. The molecule has 7 heteroatoms. The van der Waals surface area contributed by atoms with Gasteiger partial charge in [0.1, 0.15) is 23.6 Å². The lowest BCUT2D eigenvalue weighted by molar-refractivity contribution is 0.0736. The summed E-state index contributed by atoms with van der Waals surface area (Å²) in [4.78, 5) is 18.5. The number of carbonyl (C=O) groups is 1. The monoisotopic (exact) mass is 384 g/mol. The lowest BCUT2D eigenvalue weighted by Crippen LogP contribution is -2.30. The van der Waals surface area contributed by atoms with Crippen LogP contribution in [0.2, 0.25) is 0 Å². The van der Waals surface area contributed by atoms with Crippen LogP contribution in [0.5, 0.6) is 11.5 Å². The molecule has 0 radical (unpaired) electrons. The van der Waals surface area contributed by atoms with E-state index in [0.717, 1.165) is 11.3 Å². The molecule has 0 N–H and O–H groups in total. The normalized spacial score (nSPS) is 11.7. The summed E-state index contributed by atoms with van der Waals surface area (Å²) in [6.07, 6.45) is 1.31. The molecule has 0 spiro atoms. The van der Waals surface area contributed by atoms with Crippen LogP contribution < -0.4 is 9.47 Å². The summed E-state index contributed by atoms with van der Waals surface area (Å²) in [6, 6.07) is 13.0. The summed E-state index contributed by atoms with van der Waals surface area (Å²) in [7, 11) is 3.30. The zero-order valence-corrected chi connectivity index (χ0v) is 15.9. The minimum atomic E-state index is -0.343. The first kappa shape index (κ1) is 19.4. The molecule has 6 nitrogen and oxygen atoms in total. The predicted octanol–water partition coefficient (Wildman–Crippen LogP) is 4.23. The second-order valence-corrected chi connectivity index (χ2v) is 6.24. The molecule has 1 aromatic heterocycles. The number of hydrogen-bond acceptors (Lipinski definition) is 5. The number of benzene rings is 2. The van der Waals surface area contributed by atoms with Gasteiger partial charge in [0.25, 0.3) is 5.91 Å². The molecular formula is C21H21FN2O4. The van der Waals surface area contributed by atoms with Gasteiger partial charge in [0.2, 0.25) is 5.89 Å². The summed E-state index contributed by atoms with van der Waals surface area (Å²) in [5.41, 5.74) is 1.13. The second kappa shape index (κ2) is 8.56. The number of carbonyl (C=O) groups excluding carboxylic acids is 1. The van der Waals surface area contributed by atoms with Gasteiger partial charge in [0, 0.05) is 7.05 Å². The van der Waals surface area contributed by atoms with Crippen molar-refractivity contribution in [2.75, 3.05) is 14.2 Å². The Labute approximate surface area is 162 Å². The number of aromatic nitrogens is 1. The fraction of sp³-hybridized carbons (Fsp3) is 0.238. The summed E-state index contributed by atoms with van der Waals surface area (Å²) in [6.45, 7) is 1.96. The maximum atomic E-state index is 12.9. The van der Waals surface area contributed by atoms with Gasteiger partial charge < -0.3 is 18.8 Å². The Balaban J connectivity index is 1.64. The van der Waals surface area contributed by atoms with Crippen molar-refractivity contribution in [3.63, 3.8) is 0 Å². The number of hydrogen-bond donors (Lipinski definition) is 0. The molecule has 0 aliphatic carbocycles. The molecule has 28 heavy (non-hydrogen) atoms. The summed E-state index contributed by atoms with van der Waals surface area (Å²) >= 11 is 0. The van der Waals surface area contributed by atoms with Crippen molar-refractivity contribution < 1.29 is 23.1 Å². The predicted molar refractivity (Wildman–Crippen MR) is 101 cm³/mol. The van der Waals surface area contributed by atoms with Crippen LogP contribution >= 0.6 is 0 Å². The number of rotatable bonds is 7. The van der Waals surface area contributed by atoms with Crippen LogP contribution in [-0.4, -0.2) is 29.9 Å². The van der Waals surface area contributed by atoms with Gasteiger partial charge in [-0.25, -0.2) is 9.37 Å². The van der Waals surface area contributed by atoms with Crippen molar-refractivity contribution in [2.45, 2.75) is 19.6 Å². The van der Waals surface area contributed by atoms with Crippen LogP contribution in [0, 0.1) is 5.82 Å². The molecular weight excluding hydrogens is 363 g/mol. The van der Waals surface area contributed by atoms with E-state index in [2.05, 4.69) is 4.98 Å². The molecule has 2 aromatic carbocycles. The lowest BCUT2D eigenvalue weighted by Gasteiger charge is -2.24. The Morgan fingerprint density at radius 2 is 1.96 bits per heavy atom. The van der Waals surface area contributed by atoms with Crippen molar-refractivity contribution in [1.29, 1.82) is 0 Å². The number of nitrogens with zero attached hydrogens (tertiary/aromatic N) is 2. The third-order valence-corrected chi connectivity index (χ3v) is 4.42. The Kier molecular flexibility index (Phi) is 5.93. The molecule has 0 aliphatic rings. The molecule has 1 amide bonds. The van der Waals surface area contributed by atoms with E-state index in [1.165, 1.54) is 30.5 Å². The number of amides is 1. The first-order valence-electron chi connectivity index (χ1n) is 8.72. The molecule has 3 aromatic rings. The maximum Gasteiger partial charge on any atom is 0.276 e. The number of oxazole rings is 1. The number of ether oxygens (including phenoxy) is 2. The Morgan fingerprint density at radius 1 is 1.21 bits per heavy atom. The standard InChI is InChI=1S/C21H21FN2O4/c1-14(15-5-4-6-18(11-15)26-3)24(2)21(25)19-12-28-20(23-19)13-27-17-9-7-16(22)8-10-17/h4-12,14H,13H2,1-3H3/t14-/m0/s1. The highest BCUT2D eigenvalue weighted by Gasteiger charge is 2.22. The Bertz CT molecular complexity index is 940. The molecule has 0 fully saturated rings. The molecule has 3 rings (SSSR count). The number of methoxy groups -OCH3 is 1. The molecule has 1 heterocycles. The third kappa shape index (κ3) is 4.49. The minimum absolute atomic E-state index is 0.0358. The van der Waals surface area contributed by atoms with E-state index >= 15 is 0 Å². The number of halogens is 1. The molecule has 0 unspecified atom stereocenters. The van der Waals surface area contributed by atoms with Crippen LogP contribution in [0.3, 0.4) is 0 Å². The van der Waals surface area contributed by atoms with Crippen molar-refractivity contribution in [1.82, 2.24) is 9.88 Å². The molecule has 0 saturated heterocycles. The zero-order valence-electron chi connectivity index (χ0n) is 15.9. The average Bonchev–Trinajstić information content (AvgIpc) is 3.20. The Hall–Kier alpha value is -3.35. The van der Waals surface area contributed by atoms with Crippen LogP contribution in [-0.2, 0) is 6.61 Å². The van der Waals surface area contributed by atoms with Gasteiger partial charge >= 0.3 is 0 Å². The first-order chi connectivity index (χ1) is 13.5. The first-order valence-corrected chi connectivity index (χ1v) is 8.72. The van der Waals surface area contributed by atoms with E-state index in [1.54, 1.807) is 19.1 Å². The van der Waals surface area contributed by atoms with Gasteiger partial charge in [0.05, 0.1) is 13.2 Å². The second-order valence-electron chi connectivity index (χ2n) is 6.24. The van der Waals surface area contributed by atoms with Gasteiger partial charge in [0.15, 0.2) is 12.3 Å². The SMILES string of the molecule is COc1cccc([C@H](C)N(C)C(=O)c2coc(COc3ccc(F)cc3)n2)c1. The lowest BCUT2D eigenvalue weighted by atomic mass is 10.1. The van der Waals surface area contributed by atoms with Crippen LogP contribution in [0.1, 0.15) is 34.9 Å². The van der Waals surface area contributed by atoms with Crippen molar-refractivity contribution in [3.05, 3.63) is 77.8 Å². The van der Waals surface area contributed by atoms with Crippen molar-refractivity contribution in [3.8, 4) is 11.5 Å². The highest BCUT2D eigenvalue weighted by Crippen LogP contribution is 2.24. The topological polar surface area (TPSA) is 64.8 Å². The summed E-state index contributed by atoms with van der Waals surface area (Å²) in [5, 5.41) is 0. The van der Waals surface area contributed by atoms with Crippen molar-refractivity contribution in [2.24, 2.45) is 0 Å². The van der Waals surface area contributed by atoms with Gasteiger partial charge in [-0.2, -0.15) is 0 Å². The summed E-state index contributed by atoms with van der Waals surface area (Å²) < 4.78 is 29.0. The molecule has 146 valence electrons. The Morgan fingerprint density at radius 3 is 2.68 bits per heavy atom. The zero-order chi connectivity index (χ0) is 20.1. The molecule has 0 bridgehead atoms. The van der Waals surface area contributed by atoms with Gasteiger partial charge in [-0.3, -0.25) is 4.79 Å². The largest absolute Gasteiger partial charge is 0.497 e. The smallest absolute Gasteiger partial charge is 0.276 e. The van der Waals surface area contributed by atoms with E-state index < -0.39 is 0 Å². The van der Waals surface area contributed by atoms with E-state index in [9.17, 15) is 9.18 Å². The van der Waals surface area contributed by atoms with Gasteiger partial charge in [-0.15, -0.1) is 0 Å². The minimum Gasteiger partial charge on any atom is -0.497 e. The average molecular weight is 384 g/mol. The molecule has 0 aliphatic heterocycles. The highest BCUT2D eigenvalue weighted by atomic mass is 19.1. The quantitative estimate of drug-likeness (QED) is 0.610. The van der Waals surface area contributed by atoms with Gasteiger partial charge in [-0.1, -0.05) is 12.1 Å². The molecule has 0 saturated carbocycles. The fourth-order valence-electron chi connectivity index (χ4n) is 2.63. The van der Waals surface area contributed by atoms with E-state index in [0.29, 0.717) is 5.75 Å². The third-order valence-electron chi connectivity index (χ3n) is 4.42. The van der Waals surface area contributed by atoms with E-state index in [4.69, 9.17) is 13.9 Å².